The first kappa shape index (κ1) is 11.1. The summed E-state index contributed by atoms with van der Waals surface area (Å²) >= 11 is 4.37. The van der Waals surface area contributed by atoms with Gasteiger partial charge in [-0.25, -0.2) is 0 Å². The second-order valence-corrected chi connectivity index (χ2v) is 4.20. The summed E-state index contributed by atoms with van der Waals surface area (Å²) in [6.45, 7) is 2.91. The van der Waals surface area contributed by atoms with Gasteiger partial charge in [0, 0.05) is 6.54 Å². The average molecular weight is 241 g/mol. The van der Waals surface area contributed by atoms with Gasteiger partial charge >= 0.3 is 0 Å². The lowest BCUT2D eigenvalue weighted by atomic mass is 10.3. The molecule has 6 nitrogen and oxygen atoms in total. The number of aromatic amines is 1. The molecule has 0 amide bonds. The van der Waals surface area contributed by atoms with Crippen LogP contribution in [0.15, 0.2) is 4.79 Å². The van der Waals surface area contributed by atoms with Gasteiger partial charge in [-0.05, 0) is 6.42 Å². The van der Waals surface area contributed by atoms with Gasteiger partial charge in [0.05, 0.1) is 0 Å². The van der Waals surface area contributed by atoms with Gasteiger partial charge in [-0.2, -0.15) is 4.98 Å². The van der Waals surface area contributed by atoms with Gasteiger partial charge in [0.15, 0.2) is 5.82 Å². The first-order valence-corrected chi connectivity index (χ1v) is 5.76. The topological polar surface area (TPSA) is 87.0 Å². The van der Waals surface area contributed by atoms with Crippen LogP contribution in [0.25, 0.3) is 0 Å². The number of hydrogen-bond acceptors (Lipinski definition) is 6. The second-order valence-electron chi connectivity index (χ2n) is 3.71. The van der Waals surface area contributed by atoms with E-state index in [2.05, 4.69) is 34.8 Å². The van der Waals surface area contributed by atoms with E-state index in [0.29, 0.717) is 11.5 Å². The van der Waals surface area contributed by atoms with Crippen LogP contribution in [0.1, 0.15) is 19.8 Å². The number of nitrogen functional groups attached to an aromatic ring is 1. The van der Waals surface area contributed by atoms with Crippen molar-refractivity contribution in [2.75, 3.05) is 22.5 Å². The zero-order valence-electron chi connectivity index (χ0n) is 9.03. The molecule has 1 aliphatic heterocycles. The molecule has 0 radical (unpaired) electrons. The number of hydrogen-bond donors (Lipinski definition) is 4. The highest BCUT2D eigenvalue weighted by atomic mass is 32.1. The summed E-state index contributed by atoms with van der Waals surface area (Å²) in [5, 5.41) is 2.98. The predicted molar refractivity (Wildman–Crippen MR) is 67.9 cm³/mol. The van der Waals surface area contributed by atoms with Crippen molar-refractivity contribution in [3.63, 3.8) is 0 Å². The van der Waals surface area contributed by atoms with E-state index in [1.165, 1.54) is 0 Å². The molecular formula is C9H15N5OS. The van der Waals surface area contributed by atoms with Crippen molar-refractivity contribution in [3.8, 4) is 0 Å². The van der Waals surface area contributed by atoms with E-state index in [4.69, 9.17) is 5.73 Å². The van der Waals surface area contributed by atoms with Crippen LogP contribution in [0.2, 0.25) is 0 Å². The Labute approximate surface area is 98.7 Å². The summed E-state index contributed by atoms with van der Waals surface area (Å²) in [7, 11) is 0. The smallest absolute Gasteiger partial charge is 0.277 e. The second kappa shape index (κ2) is 4.25. The number of nitrogens with zero attached hydrogens (tertiary/aromatic N) is 2. The van der Waals surface area contributed by atoms with Crippen LogP contribution >= 0.6 is 12.6 Å². The third-order valence-electron chi connectivity index (χ3n) is 2.51. The maximum atomic E-state index is 11.6. The van der Waals surface area contributed by atoms with Crippen molar-refractivity contribution < 1.29 is 0 Å². The van der Waals surface area contributed by atoms with Gasteiger partial charge in [-0.1, -0.05) is 13.3 Å². The third kappa shape index (κ3) is 1.82. The van der Waals surface area contributed by atoms with Crippen molar-refractivity contribution in [1.82, 2.24) is 9.97 Å². The molecule has 1 unspecified atom stereocenters. The van der Waals surface area contributed by atoms with Crippen LogP contribution in [0, 0.1) is 0 Å². The molecule has 1 atom stereocenters. The Kier molecular flexibility index (Phi) is 2.95. The molecule has 0 bridgehead atoms. The molecule has 16 heavy (non-hydrogen) atoms. The van der Waals surface area contributed by atoms with Crippen molar-refractivity contribution in [2.45, 2.75) is 25.3 Å². The number of rotatable bonds is 3. The Hall–Kier alpha value is -1.37. The van der Waals surface area contributed by atoms with E-state index in [-0.39, 0.29) is 17.0 Å². The molecule has 1 aromatic heterocycles. The number of nitrogens with one attached hydrogen (secondary N) is 2. The summed E-state index contributed by atoms with van der Waals surface area (Å²) in [6, 6.07) is 0. The number of unbranched alkanes of at least 4 members (excludes halogenated alkanes) is 1. The van der Waals surface area contributed by atoms with Crippen molar-refractivity contribution >= 4 is 30.1 Å². The molecule has 2 heterocycles. The molecule has 1 aromatic rings. The number of fused-ring (bicyclic) bond motifs is 1. The van der Waals surface area contributed by atoms with E-state index >= 15 is 0 Å². The lowest BCUT2D eigenvalue weighted by molar-refractivity contribution is 0.728. The largest absolute Gasteiger partial charge is 0.369 e. The Morgan fingerprint density at radius 2 is 2.38 bits per heavy atom. The standard InChI is InChI=1S/C9H15N5OS/c1-2-3-4-14-6-5(11-9(14)16)7(15)13-8(10)12-6/h9,11,16H,2-4H2,1H3,(H3,10,12,13,15). The molecule has 0 aromatic carbocycles. The Morgan fingerprint density at radius 1 is 1.62 bits per heavy atom. The molecule has 7 heteroatoms. The SMILES string of the molecule is CCCCN1c2nc(N)[nH]c(=O)c2NC1S. The molecule has 0 aliphatic carbocycles. The number of thiol groups is 1. The predicted octanol–water partition coefficient (Wildman–Crippen LogP) is 0.597. The number of nitrogens with two attached hydrogens (primary N) is 1. The van der Waals surface area contributed by atoms with Gasteiger partial charge < -0.3 is 16.0 Å². The van der Waals surface area contributed by atoms with Gasteiger partial charge in [0.2, 0.25) is 5.95 Å². The minimum atomic E-state index is -0.249. The molecular weight excluding hydrogens is 226 g/mol. The summed E-state index contributed by atoms with van der Waals surface area (Å²) in [4.78, 5) is 20.1. The van der Waals surface area contributed by atoms with Crippen molar-refractivity contribution in [2.24, 2.45) is 0 Å². The van der Waals surface area contributed by atoms with Gasteiger partial charge in [-0.15, -0.1) is 12.6 Å². The van der Waals surface area contributed by atoms with E-state index in [9.17, 15) is 4.79 Å². The number of aromatic nitrogens is 2. The maximum absolute atomic E-state index is 11.6. The van der Waals surface area contributed by atoms with Crippen molar-refractivity contribution in [1.29, 1.82) is 0 Å². The lowest BCUT2D eigenvalue weighted by Crippen LogP contribution is -2.32. The van der Waals surface area contributed by atoms with Crippen LogP contribution in [0.5, 0.6) is 0 Å². The minimum Gasteiger partial charge on any atom is -0.369 e. The fourth-order valence-electron chi connectivity index (χ4n) is 1.70. The molecule has 0 saturated carbocycles. The van der Waals surface area contributed by atoms with Crippen molar-refractivity contribution in [3.05, 3.63) is 10.4 Å². The van der Waals surface area contributed by atoms with Gasteiger partial charge in [0.1, 0.15) is 11.2 Å². The molecule has 2 rings (SSSR count). The zero-order valence-corrected chi connectivity index (χ0v) is 9.92. The quantitative estimate of drug-likeness (QED) is 0.582. The van der Waals surface area contributed by atoms with Crippen LogP contribution in [-0.2, 0) is 0 Å². The normalized spacial score (nSPS) is 18.4. The van der Waals surface area contributed by atoms with Crippen LogP contribution in [0.3, 0.4) is 0 Å². The van der Waals surface area contributed by atoms with E-state index in [1.807, 2.05) is 4.90 Å². The van der Waals surface area contributed by atoms with E-state index in [0.717, 1.165) is 19.4 Å². The first-order chi connectivity index (χ1) is 7.63. The van der Waals surface area contributed by atoms with Gasteiger partial charge in [0.25, 0.3) is 5.56 Å². The monoisotopic (exact) mass is 241 g/mol. The summed E-state index contributed by atoms with van der Waals surface area (Å²) in [6.07, 6.45) is 2.09. The molecule has 0 fully saturated rings. The fraction of sp³-hybridized carbons (Fsp3) is 0.556. The zero-order chi connectivity index (χ0) is 11.7. The van der Waals surface area contributed by atoms with Crippen LogP contribution < -0.4 is 21.5 Å². The minimum absolute atomic E-state index is 0.134. The molecule has 4 N–H and O–H groups in total. The van der Waals surface area contributed by atoms with Gasteiger partial charge in [-0.3, -0.25) is 9.78 Å². The Bertz CT molecular complexity index is 446. The summed E-state index contributed by atoms with van der Waals surface area (Å²) < 4.78 is 0. The lowest BCUT2D eigenvalue weighted by Gasteiger charge is -2.21. The summed E-state index contributed by atoms with van der Waals surface area (Å²) in [5.41, 5.74) is 5.51. The number of anilines is 3. The Morgan fingerprint density at radius 3 is 3.06 bits per heavy atom. The number of H-pyrrole nitrogens is 1. The van der Waals surface area contributed by atoms with E-state index in [1.54, 1.807) is 0 Å². The highest BCUT2D eigenvalue weighted by molar-refractivity contribution is 7.81. The highest BCUT2D eigenvalue weighted by Crippen LogP contribution is 2.31. The van der Waals surface area contributed by atoms with Crippen LogP contribution in [-0.4, -0.2) is 22.0 Å². The average Bonchev–Trinajstić information content (AvgIpc) is 2.53. The van der Waals surface area contributed by atoms with E-state index < -0.39 is 0 Å². The molecule has 1 aliphatic rings. The fourth-order valence-corrected chi connectivity index (χ4v) is 2.05. The molecule has 0 saturated heterocycles. The van der Waals surface area contributed by atoms with Crippen LogP contribution in [0.4, 0.5) is 17.5 Å². The molecule has 88 valence electrons. The Balaban J connectivity index is 2.36. The first-order valence-electron chi connectivity index (χ1n) is 5.24. The maximum Gasteiger partial charge on any atom is 0.277 e. The highest BCUT2D eigenvalue weighted by Gasteiger charge is 2.29. The summed E-state index contributed by atoms with van der Waals surface area (Å²) in [5.74, 6) is 0.726. The molecule has 0 spiro atoms. The third-order valence-corrected chi connectivity index (χ3v) is 2.92.